The molecule has 1 aromatic carbocycles. The van der Waals surface area contributed by atoms with Gasteiger partial charge in [0.25, 0.3) is 0 Å². The van der Waals surface area contributed by atoms with E-state index in [9.17, 15) is 4.79 Å². The lowest BCUT2D eigenvalue weighted by molar-refractivity contribution is -0.118. The van der Waals surface area contributed by atoms with Crippen LogP contribution < -0.4 is 11.1 Å². The summed E-state index contributed by atoms with van der Waals surface area (Å²) in [4.78, 5) is 10.9. The van der Waals surface area contributed by atoms with Crippen LogP contribution in [0.3, 0.4) is 0 Å². The summed E-state index contributed by atoms with van der Waals surface area (Å²) in [6.45, 7) is 2.42. The molecule has 0 spiro atoms. The molecule has 2 aromatic rings. The number of aromatic nitrogens is 2. The van der Waals surface area contributed by atoms with Gasteiger partial charge in [0.05, 0.1) is 18.4 Å². The normalized spacial score (nSPS) is 12.1. The molecule has 0 radical (unpaired) electrons. The number of hydrogen-bond donors (Lipinski definition) is 2. The predicted octanol–water partition coefficient (Wildman–Crippen LogP) is 1.22. The Morgan fingerprint density at radius 2 is 2.17 bits per heavy atom. The van der Waals surface area contributed by atoms with E-state index >= 15 is 0 Å². The Labute approximate surface area is 106 Å². The minimum Gasteiger partial charge on any atom is -0.371 e. The van der Waals surface area contributed by atoms with Gasteiger partial charge in [-0.05, 0) is 12.5 Å². The van der Waals surface area contributed by atoms with Crippen LogP contribution >= 0.6 is 0 Å². The van der Waals surface area contributed by atoms with Gasteiger partial charge in [0.2, 0.25) is 5.91 Å². The lowest BCUT2D eigenvalue weighted by Crippen LogP contribution is -2.32. The summed E-state index contributed by atoms with van der Waals surface area (Å²) in [6, 6.07) is 9.65. The van der Waals surface area contributed by atoms with Gasteiger partial charge >= 0.3 is 0 Å². The highest BCUT2D eigenvalue weighted by molar-refractivity contribution is 5.82. The molecule has 1 amide bonds. The number of hydrogen-bond acceptors (Lipinski definition) is 3. The average Bonchev–Trinajstić information content (AvgIpc) is 2.77. The summed E-state index contributed by atoms with van der Waals surface area (Å²) in [5.41, 5.74) is 7.15. The molecule has 3 N–H and O–H groups in total. The van der Waals surface area contributed by atoms with E-state index in [1.54, 1.807) is 13.1 Å². The number of carbonyl (C=O) groups is 1. The van der Waals surface area contributed by atoms with Gasteiger partial charge in [0, 0.05) is 6.20 Å². The Bertz CT molecular complexity index is 521. The van der Waals surface area contributed by atoms with Crippen molar-refractivity contribution in [3.8, 4) is 0 Å². The van der Waals surface area contributed by atoms with Gasteiger partial charge in [-0.3, -0.25) is 9.48 Å². The molecule has 1 atom stereocenters. The maximum atomic E-state index is 10.9. The highest BCUT2D eigenvalue weighted by Crippen LogP contribution is 2.09. The van der Waals surface area contributed by atoms with E-state index in [0.717, 1.165) is 5.69 Å². The molecule has 1 unspecified atom stereocenters. The van der Waals surface area contributed by atoms with Crippen molar-refractivity contribution in [2.75, 3.05) is 5.32 Å². The van der Waals surface area contributed by atoms with Crippen LogP contribution in [0, 0.1) is 0 Å². The molecule has 0 fully saturated rings. The Morgan fingerprint density at radius 1 is 1.44 bits per heavy atom. The molecule has 0 aliphatic heterocycles. The number of anilines is 1. The lowest BCUT2D eigenvalue weighted by atomic mass is 10.2. The van der Waals surface area contributed by atoms with Gasteiger partial charge in [-0.25, -0.2) is 0 Å². The van der Waals surface area contributed by atoms with Crippen LogP contribution in [0.25, 0.3) is 0 Å². The fourth-order valence-corrected chi connectivity index (χ4v) is 1.62. The molecule has 2 rings (SSSR count). The van der Waals surface area contributed by atoms with Gasteiger partial charge in [0.15, 0.2) is 0 Å². The average molecular weight is 244 g/mol. The van der Waals surface area contributed by atoms with Gasteiger partial charge in [0.1, 0.15) is 6.04 Å². The number of carbonyl (C=O) groups excluding carboxylic acids is 1. The Kier molecular flexibility index (Phi) is 3.62. The Balaban J connectivity index is 2.00. The third-order valence-corrected chi connectivity index (χ3v) is 2.63. The van der Waals surface area contributed by atoms with E-state index < -0.39 is 6.04 Å². The number of primary amides is 1. The molecule has 0 aliphatic rings. The first-order valence-electron chi connectivity index (χ1n) is 5.77. The predicted molar refractivity (Wildman–Crippen MR) is 70.1 cm³/mol. The van der Waals surface area contributed by atoms with Crippen molar-refractivity contribution < 1.29 is 4.79 Å². The second kappa shape index (κ2) is 5.35. The third-order valence-electron chi connectivity index (χ3n) is 2.63. The van der Waals surface area contributed by atoms with Crippen molar-refractivity contribution >= 4 is 11.6 Å². The zero-order valence-corrected chi connectivity index (χ0v) is 10.2. The molecule has 1 aromatic heterocycles. The second-order valence-corrected chi connectivity index (χ2v) is 4.18. The first kappa shape index (κ1) is 12.2. The summed E-state index contributed by atoms with van der Waals surface area (Å²) in [7, 11) is 0. The number of nitrogens with two attached hydrogens (primary N) is 1. The van der Waals surface area contributed by atoms with E-state index in [4.69, 9.17) is 5.73 Å². The lowest BCUT2D eigenvalue weighted by Gasteiger charge is -2.08. The number of benzene rings is 1. The number of nitrogens with zero attached hydrogens (tertiary/aromatic N) is 2. The van der Waals surface area contributed by atoms with Gasteiger partial charge in [-0.15, -0.1) is 0 Å². The van der Waals surface area contributed by atoms with E-state index in [1.807, 2.05) is 41.2 Å². The fraction of sp³-hybridized carbons (Fsp3) is 0.231. The van der Waals surface area contributed by atoms with Crippen molar-refractivity contribution in [1.29, 1.82) is 0 Å². The van der Waals surface area contributed by atoms with E-state index in [1.165, 1.54) is 5.56 Å². The maximum absolute atomic E-state index is 10.9. The molecule has 5 heteroatoms. The zero-order valence-electron chi connectivity index (χ0n) is 10.2. The molecular weight excluding hydrogens is 228 g/mol. The van der Waals surface area contributed by atoms with Gasteiger partial charge < -0.3 is 11.1 Å². The maximum Gasteiger partial charge on any atom is 0.239 e. The standard InChI is InChI=1S/C13H16N4O/c1-10(13(14)18)16-12-7-15-17(9-12)8-11-5-3-2-4-6-11/h2-7,9-10,16H,8H2,1H3,(H2,14,18). The summed E-state index contributed by atoms with van der Waals surface area (Å²) in [5, 5.41) is 7.22. The summed E-state index contributed by atoms with van der Waals surface area (Å²) >= 11 is 0. The monoisotopic (exact) mass is 244 g/mol. The van der Waals surface area contributed by atoms with Crippen molar-refractivity contribution in [3.63, 3.8) is 0 Å². The molecule has 0 saturated heterocycles. The van der Waals surface area contributed by atoms with E-state index in [-0.39, 0.29) is 5.91 Å². The van der Waals surface area contributed by atoms with Crippen LogP contribution in [0.2, 0.25) is 0 Å². The molecular formula is C13H16N4O. The highest BCUT2D eigenvalue weighted by Gasteiger charge is 2.08. The van der Waals surface area contributed by atoms with Crippen molar-refractivity contribution in [1.82, 2.24) is 9.78 Å². The quantitative estimate of drug-likeness (QED) is 0.830. The number of amides is 1. The third kappa shape index (κ3) is 3.10. The molecule has 0 aliphatic carbocycles. The minimum absolute atomic E-state index is 0.384. The van der Waals surface area contributed by atoms with Crippen molar-refractivity contribution in [2.45, 2.75) is 19.5 Å². The first-order valence-corrected chi connectivity index (χ1v) is 5.77. The Hall–Kier alpha value is -2.30. The highest BCUT2D eigenvalue weighted by atomic mass is 16.1. The van der Waals surface area contributed by atoms with Crippen LogP contribution in [0.4, 0.5) is 5.69 Å². The van der Waals surface area contributed by atoms with Crippen LogP contribution in [0.15, 0.2) is 42.7 Å². The molecule has 0 bridgehead atoms. The summed E-state index contributed by atoms with van der Waals surface area (Å²) in [6.07, 6.45) is 3.54. The van der Waals surface area contributed by atoms with Gasteiger partial charge in [-0.1, -0.05) is 30.3 Å². The SMILES string of the molecule is CC(Nc1cnn(Cc2ccccc2)c1)C(N)=O. The number of nitrogens with one attached hydrogen (secondary N) is 1. The largest absolute Gasteiger partial charge is 0.371 e. The van der Waals surface area contributed by atoms with E-state index in [0.29, 0.717) is 6.54 Å². The molecule has 0 saturated carbocycles. The van der Waals surface area contributed by atoms with Crippen LogP contribution in [0.1, 0.15) is 12.5 Å². The molecule has 5 nitrogen and oxygen atoms in total. The van der Waals surface area contributed by atoms with Crippen LogP contribution in [-0.2, 0) is 11.3 Å². The topological polar surface area (TPSA) is 72.9 Å². The first-order chi connectivity index (χ1) is 8.65. The van der Waals surface area contributed by atoms with Crippen LogP contribution in [0.5, 0.6) is 0 Å². The van der Waals surface area contributed by atoms with E-state index in [2.05, 4.69) is 10.4 Å². The van der Waals surface area contributed by atoms with Crippen LogP contribution in [-0.4, -0.2) is 21.7 Å². The van der Waals surface area contributed by atoms with Gasteiger partial charge in [-0.2, -0.15) is 5.10 Å². The smallest absolute Gasteiger partial charge is 0.239 e. The summed E-state index contributed by atoms with van der Waals surface area (Å²) < 4.78 is 1.81. The molecule has 18 heavy (non-hydrogen) atoms. The minimum atomic E-state index is -0.403. The molecule has 94 valence electrons. The van der Waals surface area contributed by atoms with Crippen molar-refractivity contribution in [2.24, 2.45) is 5.73 Å². The molecule has 1 heterocycles. The fourth-order valence-electron chi connectivity index (χ4n) is 1.62. The Morgan fingerprint density at radius 3 is 2.83 bits per heavy atom. The van der Waals surface area contributed by atoms with Crippen molar-refractivity contribution in [3.05, 3.63) is 48.3 Å². The second-order valence-electron chi connectivity index (χ2n) is 4.18. The summed E-state index contributed by atoms with van der Waals surface area (Å²) in [5.74, 6) is -0.384. The zero-order chi connectivity index (χ0) is 13.0. The number of rotatable bonds is 5.